The van der Waals surface area contributed by atoms with Crippen LogP contribution in [0.5, 0.6) is 0 Å². The number of hydrogen-bond donors (Lipinski definition) is 2. The van der Waals surface area contributed by atoms with Crippen molar-refractivity contribution in [3.05, 3.63) is 24.3 Å². The van der Waals surface area contributed by atoms with Crippen molar-refractivity contribution >= 4 is 28.7 Å². The lowest BCUT2D eigenvalue weighted by molar-refractivity contribution is -0.683. The molecule has 1 heterocycles. The molecule has 6 rings (SSSR count). The van der Waals surface area contributed by atoms with Gasteiger partial charge in [0.05, 0.1) is 12.8 Å². The van der Waals surface area contributed by atoms with Crippen molar-refractivity contribution in [2.45, 2.75) is 43.3 Å². The maximum absolute atomic E-state index is 12.6. The molecule has 1 aromatic heterocycles. The summed E-state index contributed by atoms with van der Waals surface area (Å²) in [6, 6.07) is 8.70. The number of aryl methyl sites for hydroxylation is 1. The van der Waals surface area contributed by atoms with E-state index in [1.54, 1.807) is 11.8 Å². The number of benzene rings is 1. The van der Waals surface area contributed by atoms with Crippen molar-refractivity contribution in [1.29, 1.82) is 0 Å². The summed E-state index contributed by atoms with van der Waals surface area (Å²) in [5.41, 5.74) is 2.29. The highest BCUT2D eigenvalue weighted by atomic mass is 32.2. The Kier molecular flexibility index (Phi) is 3.81. The zero-order valence-corrected chi connectivity index (χ0v) is 15.5. The summed E-state index contributed by atoms with van der Waals surface area (Å²) >= 11 is 1.60. The van der Waals surface area contributed by atoms with Crippen LogP contribution >= 0.6 is 11.8 Å². The average Bonchev–Trinajstić information content (AvgIpc) is 2.92. The lowest BCUT2D eigenvalue weighted by atomic mass is 9.54. The largest absolute Gasteiger partial charge is 0.352 e. The molecule has 4 fully saturated rings. The van der Waals surface area contributed by atoms with Gasteiger partial charge in [0.2, 0.25) is 5.91 Å². The van der Waals surface area contributed by atoms with Gasteiger partial charge in [0, 0.05) is 6.04 Å². The summed E-state index contributed by atoms with van der Waals surface area (Å²) in [6.45, 7) is 0. The van der Waals surface area contributed by atoms with Crippen LogP contribution in [-0.2, 0) is 11.8 Å². The highest BCUT2D eigenvalue weighted by Gasteiger charge is 2.48. The Morgan fingerprint density at radius 2 is 1.84 bits per heavy atom. The molecule has 0 aliphatic heterocycles. The van der Waals surface area contributed by atoms with Gasteiger partial charge in [-0.15, -0.1) is 0 Å². The van der Waals surface area contributed by atoms with Gasteiger partial charge in [-0.25, -0.2) is 9.55 Å². The predicted molar refractivity (Wildman–Crippen MR) is 99.2 cm³/mol. The zero-order chi connectivity index (χ0) is 17.0. The van der Waals surface area contributed by atoms with Crippen LogP contribution in [-0.4, -0.2) is 22.7 Å². The molecular formula is C20H26N3OS+. The first-order valence-electron chi connectivity index (χ1n) is 9.56. The summed E-state index contributed by atoms with van der Waals surface area (Å²) in [6.07, 6.45) is 6.86. The van der Waals surface area contributed by atoms with Gasteiger partial charge in [-0.3, -0.25) is 4.79 Å². The summed E-state index contributed by atoms with van der Waals surface area (Å²) < 4.78 is 2.14. The molecule has 4 saturated carbocycles. The number of amides is 1. The number of H-pyrrole nitrogens is 1. The van der Waals surface area contributed by atoms with E-state index in [-0.39, 0.29) is 5.91 Å². The minimum absolute atomic E-state index is 0.195. The normalized spacial score (nSPS) is 33.1. The number of para-hydroxylation sites is 2. The molecule has 0 radical (unpaired) electrons. The molecule has 5 heteroatoms. The molecule has 2 aromatic rings. The highest BCUT2D eigenvalue weighted by Crippen LogP contribution is 2.53. The monoisotopic (exact) mass is 356 g/mol. The summed E-state index contributed by atoms with van der Waals surface area (Å²) in [7, 11) is 2.05. The molecule has 1 aromatic carbocycles. The van der Waals surface area contributed by atoms with Gasteiger partial charge in [-0.05, 0) is 79.7 Å². The van der Waals surface area contributed by atoms with Crippen molar-refractivity contribution in [2.24, 2.45) is 30.7 Å². The average molecular weight is 357 g/mol. The van der Waals surface area contributed by atoms with E-state index in [2.05, 4.69) is 34.0 Å². The third kappa shape index (κ3) is 2.77. The topological polar surface area (TPSA) is 48.8 Å². The van der Waals surface area contributed by atoms with Crippen molar-refractivity contribution in [3.63, 3.8) is 0 Å². The van der Waals surface area contributed by atoms with Crippen molar-refractivity contribution < 1.29 is 9.36 Å². The second-order valence-electron chi connectivity index (χ2n) is 8.32. The third-order valence-corrected chi connectivity index (χ3v) is 7.76. The number of thioether (sulfide) groups is 1. The molecule has 4 aliphatic carbocycles. The molecule has 0 unspecified atom stereocenters. The molecule has 0 spiro atoms. The molecule has 0 saturated heterocycles. The number of imidazole rings is 1. The Hall–Kier alpha value is -1.49. The SMILES string of the molecule is C[n+]1c(SCC(=O)NC2C3CC4CC(C3)CC2C4)[nH]c2ccccc21. The quantitative estimate of drug-likeness (QED) is 0.653. The minimum Gasteiger partial charge on any atom is -0.352 e. The van der Waals surface area contributed by atoms with Gasteiger partial charge in [-0.1, -0.05) is 12.1 Å². The van der Waals surface area contributed by atoms with Crippen LogP contribution in [0, 0.1) is 23.7 Å². The Bertz CT molecular complexity index is 786. The van der Waals surface area contributed by atoms with Crippen LogP contribution in [0.15, 0.2) is 29.4 Å². The number of aromatic amines is 1. The van der Waals surface area contributed by atoms with Gasteiger partial charge >= 0.3 is 5.16 Å². The molecule has 25 heavy (non-hydrogen) atoms. The maximum atomic E-state index is 12.6. The molecular weight excluding hydrogens is 330 g/mol. The molecule has 4 bridgehead atoms. The Morgan fingerprint density at radius 1 is 1.16 bits per heavy atom. The summed E-state index contributed by atoms with van der Waals surface area (Å²) in [5, 5.41) is 4.45. The fourth-order valence-corrected chi connectivity index (χ4v) is 6.66. The number of nitrogens with zero attached hydrogens (tertiary/aromatic N) is 1. The zero-order valence-electron chi connectivity index (χ0n) is 14.7. The van der Waals surface area contributed by atoms with E-state index in [0.717, 1.165) is 34.3 Å². The number of hydrogen-bond acceptors (Lipinski definition) is 2. The number of rotatable bonds is 4. The van der Waals surface area contributed by atoms with Crippen LogP contribution in [0.25, 0.3) is 11.0 Å². The lowest BCUT2D eigenvalue weighted by Crippen LogP contribution is -2.56. The maximum Gasteiger partial charge on any atom is 0.317 e. The Balaban J connectivity index is 1.23. The second kappa shape index (κ2) is 6.04. The first-order chi connectivity index (χ1) is 12.2. The fraction of sp³-hybridized carbons (Fsp3) is 0.600. The van der Waals surface area contributed by atoms with Crippen molar-refractivity contribution in [2.75, 3.05) is 5.75 Å². The standard InChI is InChI=1S/C20H25N3OS/c1-23-17-5-3-2-4-16(17)21-20(23)25-11-18(24)22-19-14-7-12-6-13(9-14)10-15(19)8-12/h2-5,12-15,19H,6-11H2,1H3,(H,22,24)/p+1. The van der Waals surface area contributed by atoms with E-state index in [9.17, 15) is 4.79 Å². The van der Waals surface area contributed by atoms with Gasteiger partial charge in [0.25, 0.3) is 0 Å². The van der Waals surface area contributed by atoms with Crippen molar-refractivity contribution in [3.8, 4) is 0 Å². The van der Waals surface area contributed by atoms with Gasteiger partial charge < -0.3 is 5.32 Å². The van der Waals surface area contributed by atoms with E-state index in [1.807, 2.05) is 12.1 Å². The molecule has 4 nitrogen and oxygen atoms in total. The van der Waals surface area contributed by atoms with Crippen LogP contribution in [0.4, 0.5) is 0 Å². The third-order valence-electron chi connectivity index (χ3n) is 6.71. The van der Waals surface area contributed by atoms with Gasteiger partial charge in [0.1, 0.15) is 0 Å². The predicted octanol–water partition coefficient (Wildman–Crippen LogP) is 3.03. The fourth-order valence-electron chi connectivity index (χ4n) is 5.84. The number of carbonyl (C=O) groups excluding carboxylic acids is 1. The Labute approximate surface area is 152 Å². The van der Waals surface area contributed by atoms with Crippen molar-refractivity contribution in [1.82, 2.24) is 10.3 Å². The Morgan fingerprint density at radius 3 is 2.52 bits per heavy atom. The van der Waals surface area contributed by atoms with Crippen LogP contribution < -0.4 is 9.88 Å². The summed E-state index contributed by atoms with van der Waals surface area (Å²) in [4.78, 5) is 16.0. The number of carbonyl (C=O) groups is 1. The second-order valence-corrected chi connectivity index (χ2v) is 9.28. The van der Waals surface area contributed by atoms with E-state index in [1.165, 1.54) is 37.6 Å². The van der Waals surface area contributed by atoms with E-state index >= 15 is 0 Å². The van der Waals surface area contributed by atoms with E-state index in [4.69, 9.17) is 0 Å². The smallest absolute Gasteiger partial charge is 0.317 e. The molecule has 132 valence electrons. The first kappa shape index (κ1) is 15.7. The van der Waals surface area contributed by atoms with Crippen LogP contribution in [0.3, 0.4) is 0 Å². The lowest BCUT2D eigenvalue weighted by Gasteiger charge is -2.54. The summed E-state index contributed by atoms with van der Waals surface area (Å²) in [5.74, 6) is 4.08. The van der Waals surface area contributed by atoms with Crippen LogP contribution in [0.1, 0.15) is 32.1 Å². The van der Waals surface area contributed by atoms with Crippen LogP contribution in [0.2, 0.25) is 0 Å². The number of aromatic nitrogens is 2. The molecule has 1 amide bonds. The number of fused-ring (bicyclic) bond motifs is 1. The molecule has 4 aliphatic rings. The van der Waals surface area contributed by atoms with Gasteiger partial charge in [0.15, 0.2) is 11.0 Å². The number of nitrogens with one attached hydrogen (secondary N) is 2. The minimum atomic E-state index is 0.195. The molecule has 2 N–H and O–H groups in total. The van der Waals surface area contributed by atoms with E-state index in [0.29, 0.717) is 11.8 Å². The van der Waals surface area contributed by atoms with E-state index < -0.39 is 0 Å². The first-order valence-corrected chi connectivity index (χ1v) is 10.5. The van der Waals surface area contributed by atoms with Gasteiger partial charge in [-0.2, -0.15) is 0 Å². The molecule has 0 atom stereocenters. The highest BCUT2D eigenvalue weighted by molar-refractivity contribution is 7.99.